The predicted octanol–water partition coefficient (Wildman–Crippen LogP) is 2.31. The fraction of sp³-hybridized carbons (Fsp3) is 0.471. The first-order valence-electron chi connectivity index (χ1n) is 7.88. The quantitative estimate of drug-likeness (QED) is 0.922. The van der Waals surface area contributed by atoms with Crippen molar-refractivity contribution in [1.29, 1.82) is 0 Å². The minimum Gasteiger partial charge on any atom is -0.362 e. The molecule has 0 radical (unpaired) electrons. The third-order valence-electron chi connectivity index (χ3n) is 4.47. The highest BCUT2D eigenvalue weighted by molar-refractivity contribution is 5.96. The van der Waals surface area contributed by atoms with E-state index in [2.05, 4.69) is 10.1 Å². The van der Waals surface area contributed by atoms with Gasteiger partial charge in [0.1, 0.15) is 11.3 Å². The summed E-state index contributed by atoms with van der Waals surface area (Å²) in [5.41, 5.74) is 3.09. The van der Waals surface area contributed by atoms with Crippen molar-refractivity contribution in [2.24, 2.45) is 0 Å². The number of H-pyrrole nitrogens is 1. The third kappa shape index (κ3) is 3.06. The van der Waals surface area contributed by atoms with Gasteiger partial charge in [0.05, 0.1) is 5.69 Å². The highest BCUT2D eigenvalue weighted by Crippen LogP contribution is 2.27. The van der Waals surface area contributed by atoms with Crippen LogP contribution in [0, 0.1) is 20.8 Å². The lowest BCUT2D eigenvalue weighted by molar-refractivity contribution is 0.0709. The molecule has 6 nitrogen and oxygen atoms in total. The molecule has 1 amide bonds. The minimum absolute atomic E-state index is 0.0163. The molecule has 0 spiro atoms. The van der Waals surface area contributed by atoms with E-state index in [9.17, 15) is 9.59 Å². The molecule has 0 aromatic carbocycles. The zero-order valence-corrected chi connectivity index (χ0v) is 13.7. The standard InChI is InChI=1S/C17H21N3O3/c1-10-8-14(21)9-15(18-10)13-4-6-20(7-5-13)17(22)16-11(2)19-23-12(16)3/h8-9,13H,4-7H2,1-3H3,(H,18,21). The molecule has 0 saturated carbocycles. The summed E-state index contributed by atoms with van der Waals surface area (Å²) in [5.74, 6) is 0.839. The Labute approximate surface area is 134 Å². The molecule has 0 bridgehead atoms. The number of rotatable bonds is 2. The van der Waals surface area contributed by atoms with Crippen LogP contribution >= 0.6 is 0 Å². The van der Waals surface area contributed by atoms with Crippen LogP contribution in [0.15, 0.2) is 21.5 Å². The average molecular weight is 315 g/mol. The van der Waals surface area contributed by atoms with Crippen LogP contribution in [0.1, 0.15) is 52.0 Å². The van der Waals surface area contributed by atoms with Crippen LogP contribution in [0.25, 0.3) is 0 Å². The highest BCUT2D eigenvalue weighted by atomic mass is 16.5. The number of hydrogen-bond donors (Lipinski definition) is 1. The molecule has 0 aliphatic carbocycles. The fourth-order valence-electron chi connectivity index (χ4n) is 3.27. The number of amides is 1. The van der Waals surface area contributed by atoms with E-state index >= 15 is 0 Å². The molecular formula is C17H21N3O3. The Morgan fingerprint density at radius 1 is 1.26 bits per heavy atom. The summed E-state index contributed by atoms with van der Waals surface area (Å²) in [5, 5.41) is 3.85. The summed E-state index contributed by atoms with van der Waals surface area (Å²) in [4.78, 5) is 29.4. The number of nitrogens with one attached hydrogen (secondary N) is 1. The molecule has 23 heavy (non-hydrogen) atoms. The molecule has 3 heterocycles. The Kier molecular flexibility index (Phi) is 4.07. The lowest BCUT2D eigenvalue weighted by atomic mass is 9.92. The van der Waals surface area contributed by atoms with Gasteiger partial charge in [0, 0.05) is 42.5 Å². The largest absolute Gasteiger partial charge is 0.362 e. The van der Waals surface area contributed by atoms with Gasteiger partial charge in [0.25, 0.3) is 5.91 Å². The van der Waals surface area contributed by atoms with Crippen molar-refractivity contribution in [1.82, 2.24) is 15.0 Å². The molecule has 1 aliphatic rings. The van der Waals surface area contributed by atoms with E-state index in [1.807, 2.05) is 11.8 Å². The van der Waals surface area contributed by atoms with Crippen LogP contribution in [0.3, 0.4) is 0 Å². The van der Waals surface area contributed by atoms with E-state index in [0.29, 0.717) is 30.1 Å². The number of carbonyl (C=O) groups excluding carboxylic acids is 1. The molecule has 122 valence electrons. The van der Waals surface area contributed by atoms with Crippen molar-refractivity contribution < 1.29 is 9.32 Å². The second-order valence-electron chi connectivity index (χ2n) is 6.22. The number of pyridine rings is 1. The summed E-state index contributed by atoms with van der Waals surface area (Å²) in [6, 6.07) is 3.27. The normalized spacial score (nSPS) is 15.9. The Bertz CT molecular complexity index is 763. The monoisotopic (exact) mass is 315 g/mol. The van der Waals surface area contributed by atoms with Gasteiger partial charge in [-0.25, -0.2) is 0 Å². The summed E-state index contributed by atoms with van der Waals surface area (Å²) in [7, 11) is 0. The van der Waals surface area contributed by atoms with Gasteiger partial charge < -0.3 is 14.4 Å². The average Bonchev–Trinajstić information content (AvgIpc) is 2.85. The van der Waals surface area contributed by atoms with E-state index in [-0.39, 0.29) is 17.3 Å². The first-order valence-corrected chi connectivity index (χ1v) is 7.88. The molecule has 1 aliphatic heterocycles. The lowest BCUT2D eigenvalue weighted by Crippen LogP contribution is -2.38. The van der Waals surface area contributed by atoms with Gasteiger partial charge in [-0.05, 0) is 33.6 Å². The van der Waals surface area contributed by atoms with Crippen molar-refractivity contribution >= 4 is 5.91 Å². The summed E-state index contributed by atoms with van der Waals surface area (Å²) in [6.07, 6.45) is 1.68. The summed E-state index contributed by atoms with van der Waals surface area (Å²) in [6.45, 7) is 6.78. The number of piperidine rings is 1. The van der Waals surface area contributed by atoms with Gasteiger partial charge in [-0.2, -0.15) is 0 Å². The molecule has 0 unspecified atom stereocenters. The highest BCUT2D eigenvalue weighted by Gasteiger charge is 2.28. The van der Waals surface area contributed by atoms with E-state index in [1.54, 1.807) is 26.0 Å². The first kappa shape index (κ1) is 15.5. The van der Waals surface area contributed by atoms with Crippen LogP contribution in [-0.2, 0) is 0 Å². The van der Waals surface area contributed by atoms with Gasteiger partial charge in [-0.15, -0.1) is 0 Å². The molecule has 1 N–H and O–H groups in total. The van der Waals surface area contributed by atoms with E-state index in [0.717, 1.165) is 24.2 Å². The maximum absolute atomic E-state index is 12.6. The third-order valence-corrected chi connectivity index (χ3v) is 4.47. The molecule has 2 aromatic rings. The van der Waals surface area contributed by atoms with Crippen molar-refractivity contribution in [3.63, 3.8) is 0 Å². The molecular weight excluding hydrogens is 294 g/mol. The van der Waals surface area contributed by atoms with Gasteiger partial charge in [0.2, 0.25) is 0 Å². The Morgan fingerprint density at radius 3 is 2.52 bits per heavy atom. The number of hydrogen-bond acceptors (Lipinski definition) is 4. The number of likely N-dealkylation sites (tertiary alicyclic amines) is 1. The number of aryl methyl sites for hydroxylation is 3. The zero-order chi connectivity index (χ0) is 16.6. The molecule has 0 atom stereocenters. The Hall–Kier alpha value is -2.37. The maximum atomic E-state index is 12.6. The topological polar surface area (TPSA) is 79.2 Å². The van der Waals surface area contributed by atoms with Crippen molar-refractivity contribution in [2.75, 3.05) is 13.1 Å². The Morgan fingerprint density at radius 2 is 1.96 bits per heavy atom. The van der Waals surface area contributed by atoms with Crippen molar-refractivity contribution in [3.8, 4) is 0 Å². The minimum atomic E-state index is -0.0163. The molecule has 3 rings (SSSR count). The molecule has 2 aromatic heterocycles. The number of carbonyl (C=O) groups is 1. The van der Waals surface area contributed by atoms with Gasteiger partial charge >= 0.3 is 0 Å². The first-order chi connectivity index (χ1) is 11.0. The van der Waals surface area contributed by atoms with Gasteiger partial charge in [0.15, 0.2) is 5.43 Å². The number of aromatic amines is 1. The molecule has 1 fully saturated rings. The van der Waals surface area contributed by atoms with Crippen LogP contribution in [0.5, 0.6) is 0 Å². The number of aromatic nitrogens is 2. The fourth-order valence-corrected chi connectivity index (χ4v) is 3.27. The summed E-state index contributed by atoms with van der Waals surface area (Å²) >= 11 is 0. The lowest BCUT2D eigenvalue weighted by Gasteiger charge is -2.32. The summed E-state index contributed by atoms with van der Waals surface area (Å²) < 4.78 is 5.09. The molecule has 6 heteroatoms. The van der Waals surface area contributed by atoms with E-state index in [1.165, 1.54) is 0 Å². The second-order valence-corrected chi connectivity index (χ2v) is 6.22. The maximum Gasteiger partial charge on any atom is 0.259 e. The molecule has 1 saturated heterocycles. The van der Waals surface area contributed by atoms with Crippen LogP contribution in [0.4, 0.5) is 0 Å². The van der Waals surface area contributed by atoms with Crippen molar-refractivity contribution in [3.05, 3.63) is 50.8 Å². The smallest absolute Gasteiger partial charge is 0.259 e. The van der Waals surface area contributed by atoms with E-state index < -0.39 is 0 Å². The van der Waals surface area contributed by atoms with Crippen LogP contribution in [0.2, 0.25) is 0 Å². The zero-order valence-electron chi connectivity index (χ0n) is 13.7. The van der Waals surface area contributed by atoms with E-state index in [4.69, 9.17) is 4.52 Å². The van der Waals surface area contributed by atoms with Gasteiger partial charge in [-0.1, -0.05) is 5.16 Å². The number of nitrogens with zero attached hydrogens (tertiary/aromatic N) is 2. The second kappa shape index (κ2) is 6.02. The van der Waals surface area contributed by atoms with Gasteiger partial charge in [-0.3, -0.25) is 9.59 Å². The SMILES string of the molecule is Cc1cc(=O)cc(C2CCN(C(=O)c3c(C)noc3C)CC2)[nH]1. The van der Waals surface area contributed by atoms with Crippen LogP contribution in [-0.4, -0.2) is 34.0 Å². The predicted molar refractivity (Wildman–Crippen MR) is 85.7 cm³/mol. The van der Waals surface area contributed by atoms with Crippen LogP contribution < -0.4 is 5.43 Å². The van der Waals surface area contributed by atoms with Crippen molar-refractivity contribution in [2.45, 2.75) is 39.5 Å². The Balaban J connectivity index is 1.71.